The molecule has 3 N–H and O–H groups in total. The molecular formula is C15H23ClN2O4. The number of hydrogen-bond acceptors (Lipinski definition) is 5. The van der Waals surface area contributed by atoms with Crippen LogP contribution < -0.4 is 15.8 Å². The molecule has 1 amide bonds. The number of carbonyl (C=O) groups is 2. The van der Waals surface area contributed by atoms with Crippen LogP contribution in [0, 0.1) is 0 Å². The van der Waals surface area contributed by atoms with Gasteiger partial charge in [0.2, 0.25) is 5.91 Å². The highest BCUT2D eigenvalue weighted by atomic mass is 35.5. The van der Waals surface area contributed by atoms with Crippen molar-refractivity contribution in [1.29, 1.82) is 0 Å². The Balaban J connectivity index is 0.00000441. The molecule has 0 aromatic heterocycles. The van der Waals surface area contributed by atoms with Gasteiger partial charge in [-0.25, -0.2) is 4.79 Å². The second-order valence-corrected chi connectivity index (χ2v) is 5.01. The van der Waals surface area contributed by atoms with Crippen molar-refractivity contribution >= 4 is 30.0 Å². The average Bonchev–Trinajstić information content (AvgIpc) is 2.45. The predicted molar refractivity (Wildman–Crippen MR) is 87.3 cm³/mol. The quantitative estimate of drug-likeness (QED) is 0.747. The Morgan fingerprint density at radius 2 is 2.05 bits per heavy atom. The molecule has 1 aromatic rings. The lowest BCUT2D eigenvalue weighted by Crippen LogP contribution is -2.48. The van der Waals surface area contributed by atoms with Crippen LogP contribution in [-0.2, 0) is 14.3 Å². The summed E-state index contributed by atoms with van der Waals surface area (Å²) in [7, 11) is 1.29. The van der Waals surface area contributed by atoms with Gasteiger partial charge in [-0.3, -0.25) is 4.79 Å². The van der Waals surface area contributed by atoms with E-state index >= 15 is 0 Å². The lowest BCUT2D eigenvalue weighted by atomic mass is 9.96. The fourth-order valence-electron chi connectivity index (χ4n) is 1.77. The minimum absolute atomic E-state index is 0. The molecule has 0 saturated heterocycles. The Hall–Kier alpha value is -1.79. The maximum Gasteiger partial charge on any atom is 0.343 e. The topological polar surface area (TPSA) is 90.7 Å². The average molecular weight is 331 g/mol. The fraction of sp³-hybridized carbons (Fsp3) is 0.467. The number of esters is 1. The highest BCUT2D eigenvalue weighted by Gasteiger charge is 2.27. The Morgan fingerprint density at radius 1 is 1.36 bits per heavy atom. The van der Waals surface area contributed by atoms with E-state index < -0.39 is 11.5 Å². The monoisotopic (exact) mass is 330 g/mol. The number of carbonyl (C=O) groups excluding carboxylic acids is 2. The summed E-state index contributed by atoms with van der Waals surface area (Å²) in [5, 5.41) is 2.75. The maximum atomic E-state index is 12.1. The van der Waals surface area contributed by atoms with E-state index in [-0.39, 0.29) is 24.9 Å². The molecule has 0 aliphatic heterocycles. The van der Waals surface area contributed by atoms with Gasteiger partial charge in [0.15, 0.2) is 6.61 Å². The summed E-state index contributed by atoms with van der Waals surface area (Å²) in [6, 6.07) is 6.76. The first-order valence-electron chi connectivity index (χ1n) is 6.79. The minimum atomic E-state index is -0.919. The first-order chi connectivity index (χ1) is 9.89. The van der Waals surface area contributed by atoms with Crippen LogP contribution in [0.25, 0.3) is 0 Å². The van der Waals surface area contributed by atoms with Gasteiger partial charge in [0.25, 0.3) is 0 Å². The number of hydrogen-bond donors (Lipinski definition) is 2. The molecule has 6 nitrogen and oxygen atoms in total. The minimum Gasteiger partial charge on any atom is -0.482 e. The summed E-state index contributed by atoms with van der Waals surface area (Å²) in [6.07, 6.45) is 1.42. The third-order valence-corrected chi connectivity index (χ3v) is 2.96. The van der Waals surface area contributed by atoms with E-state index in [1.54, 1.807) is 31.2 Å². The Kier molecular flexibility index (Phi) is 8.52. The third-order valence-electron chi connectivity index (χ3n) is 2.96. The van der Waals surface area contributed by atoms with Gasteiger partial charge in [0.1, 0.15) is 5.75 Å². The lowest BCUT2D eigenvalue weighted by Gasteiger charge is -2.22. The first kappa shape index (κ1) is 20.2. The van der Waals surface area contributed by atoms with E-state index in [1.807, 2.05) is 6.92 Å². The number of amides is 1. The second kappa shape index (κ2) is 9.27. The number of nitrogens with one attached hydrogen (secondary N) is 1. The van der Waals surface area contributed by atoms with Crippen molar-refractivity contribution in [3.63, 3.8) is 0 Å². The second-order valence-electron chi connectivity index (χ2n) is 5.01. The van der Waals surface area contributed by atoms with Crippen LogP contribution in [0.1, 0.15) is 26.7 Å². The molecule has 124 valence electrons. The molecule has 1 aromatic carbocycles. The van der Waals surface area contributed by atoms with Crippen molar-refractivity contribution in [3.05, 3.63) is 24.3 Å². The largest absolute Gasteiger partial charge is 0.482 e. The molecule has 0 heterocycles. The maximum absolute atomic E-state index is 12.1. The predicted octanol–water partition coefficient (Wildman–Crippen LogP) is 2.12. The van der Waals surface area contributed by atoms with Crippen LogP contribution in [0.15, 0.2) is 24.3 Å². The summed E-state index contributed by atoms with van der Waals surface area (Å²) < 4.78 is 9.75. The van der Waals surface area contributed by atoms with Crippen LogP contribution in [0.2, 0.25) is 0 Å². The highest BCUT2D eigenvalue weighted by Crippen LogP contribution is 2.19. The number of methoxy groups -OCH3 is 1. The summed E-state index contributed by atoms with van der Waals surface area (Å²) in [6.45, 7) is 3.49. The smallest absolute Gasteiger partial charge is 0.343 e. The SMILES string of the molecule is CCCC(C)(N)C(=O)Nc1cccc(OCC(=O)OC)c1.Cl. The molecule has 0 fully saturated rings. The van der Waals surface area contributed by atoms with Crippen LogP contribution in [0.4, 0.5) is 5.69 Å². The van der Waals surface area contributed by atoms with Gasteiger partial charge >= 0.3 is 5.97 Å². The fourth-order valence-corrected chi connectivity index (χ4v) is 1.77. The van der Waals surface area contributed by atoms with Crippen LogP contribution in [0.3, 0.4) is 0 Å². The molecule has 0 radical (unpaired) electrons. The zero-order valence-electron chi connectivity index (χ0n) is 13.0. The zero-order valence-corrected chi connectivity index (χ0v) is 13.9. The number of halogens is 1. The summed E-state index contributed by atoms with van der Waals surface area (Å²) in [4.78, 5) is 23.1. The number of ether oxygens (including phenoxy) is 2. The lowest BCUT2D eigenvalue weighted by molar-refractivity contribution is -0.142. The van der Waals surface area contributed by atoms with Gasteiger partial charge in [-0.05, 0) is 25.5 Å². The van der Waals surface area contributed by atoms with Crippen molar-refractivity contribution in [2.45, 2.75) is 32.2 Å². The first-order valence-corrected chi connectivity index (χ1v) is 6.79. The van der Waals surface area contributed by atoms with Crippen LogP contribution >= 0.6 is 12.4 Å². The molecule has 1 unspecified atom stereocenters. The Bertz CT molecular complexity index is 506. The van der Waals surface area contributed by atoms with E-state index in [1.165, 1.54) is 7.11 Å². The Morgan fingerprint density at radius 3 is 2.64 bits per heavy atom. The summed E-state index contributed by atoms with van der Waals surface area (Å²) >= 11 is 0. The number of rotatable bonds is 7. The van der Waals surface area contributed by atoms with Gasteiger partial charge in [-0.2, -0.15) is 0 Å². The number of benzene rings is 1. The molecule has 22 heavy (non-hydrogen) atoms. The van der Waals surface area contributed by atoms with E-state index in [4.69, 9.17) is 10.5 Å². The van der Waals surface area contributed by atoms with Crippen LogP contribution in [0.5, 0.6) is 5.75 Å². The molecule has 0 saturated carbocycles. The molecule has 0 aliphatic rings. The molecular weight excluding hydrogens is 308 g/mol. The summed E-state index contributed by atoms with van der Waals surface area (Å²) in [5.41, 5.74) is 5.61. The number of nitrogens with two attached hydrogens (primary N) is 1. The van der Waals surface area contributed by atoms with Gasteiger partial charge < -0.3 is 20.5 Å². The van der Waals surface area contributed by atoms with Crippen molar-refractivity contribution < 1.29 is 19.1 Å². The van der Waals surface area contributed by atoms with E-state index in [9.17, 15) is 9.59 Å². The van der Waals surface area contributed by atoms with E-state index in [2.05, 4.69) is 10.1 Å². The van der Waals surface area contributed by atoms with Gasteiger partial charge in [0.05, 0.1) is 12.6 Å². The molecule has 0 spiro atoms. The molecule has 1 rings (SSSR count). The standard InChI is InChI=1S/C15H22N2O4.ClH/c1-4-8-15(2,16)14(19)17-11-6-5-7-12(9-11)21-10-13(18)20-3;/h5-7,9H,4,8,10,16H2,1-3H3,(H,17,19);1H. The molecule has 7 heteroatoms. The van der Waals surface area contributed by atoms with Crippen molar-refractivity contribution in [3.8, 4) is 5.75 Å². The van der Waals surface area contributed by atoms with Crippen molar-refractivity contribution in [2.75, 3.05) is 19.0 Å². The van der Waals surface area contributed by atoms with Gasteiger partial charge in [-0.15, -0.1) is 12.4 Å². The molecule has 0 bridgehead atoms. The third kappa shape index (κ3) is 6.32. The van der Waals surface area contributed by atoms with Crippen molar-refractivity contribution in [1.82, 2.24) is 0 Å². The number of anilines is 1. The molecule has 1 atom stereocenters. The highest BCUT2D eigenvalue weighted by molar-refractivity contribution is 5.97. The molecule has 0 aliphatic carbocycles. The zero-order chi connectivity index (χ0) is 15.9. The Labute approximate surface area is 136 Å². The van der Waals surface area contributed by atoms with Gasteiger partial charge in [-0.1, -0.05) is 19.4 Å². The van der Waals surface area contributed by atoms with E-state index in [0.29, 0.717) is 17.9 Å². The van der Waals surface area contributed by atoms with Crippen LogP contribution in [-0.4, -0.2) is 31.1 Å². The normalized spacial score (nSPS) is 12.5. The summed E-state index contributed by atoms with van der Waals surface area (Å²) in [5.74, 6) is -0.260. The van der Waals surface area contributed by atoms with Crippen molar-refractivity contribution in [2.24, 2.45) is 5.73 Å². The van der Waals surface area contributed by atoms with Gasteiger partial charge in [0, 0.05) is 11.8 Å². The van der Waals surface area contributed by atoms with E-state index in [0.717, 1.165) is 6.42 Å².